The highest BCUT2D eigenvalue weighted by Crippen LogP contribution is 2.47. The van der Waals surface area contributed by atoms with Crippen molar-refractivity contribution in [2.75, 3.05) is 173 Å². The molecule has 58 heteroatoms. The van der Waals surface area contributed by atoms with Crippen LogP contribution < -0.4 is 64.5 Å². The molecule has 0 rings (SSSR count). The minimum atomic E-state index is -5.31. The van der Waals surface area contributed by atoms with Gasteiger partial charge in [-0.25, -0.2) is 0 Å². The van der Waals surface area contributed by atoms with Crippen LogP contribution in [0.2, 0.25) is 0 Å². The van der Waals surface area contributed by atoms with Crippen molar-refractivity contribution in [1.82, 2.24) is 10.6 Å². The molecule has 0 saturated heterocycles. The summed E-state index contributed by atoms with van der Waals surface area (Å²) in [4.78, 5) is 138. The lowest BCUT2D eigenvalue weighted by molar-refractivity contribution is -0.239. The Hall–Kier alpha value is 1.09. The SMILES string of the molecule is CNCC(CO)COP(=O)([O-])OCCOP(=O)([O-])OCCOP(=O)([O-])OCCOP(=O)([O-])OCCOP(=O)([O-])OCCOP(=O)([O-])OCCOP(=O)([O-])OCCOP(=O)([O-])OCCOP(=O)([O-])OCCOP(=O)([O-])OCC(CNC)COP(=O)([O-])O. The van der Waals surface area contributed by atoms with Gasteiger partial charge in [-0.1, -0.05) is 0 Å². The van der Waals surface area contributed by atoms with Crippen molar-refractivity contribution >= 4 is 86.0 Å². The third-order valence-corrected chi connectivity index (χ3v) is 18.3. The fraction of sp³-hybridized carbons (Fsp3) is 1.00. The molecule has 0 aromatic carbocycles. The van der Waals surface area contributed by atoms with Crippen LogP contribution in [0.4, 0.5) is 0 Å². The molecule has 0 aliphatic carbocycles. The number of hydrogen-bond donors (Lipinski definition) is 4. The van der Waals surface area contributed by atoms with Crippen molar-refractivity contribution in [3.63, 3.8) is 0 Å². The van der Waals surface area contributed by atoms with E-state index in [-0.39, 0.29) is 13.1 Å². The summed E-state index contributed by atoms with van der Waals surface area (Å²) >= 11 is 0. The van der Waals surface area contributed by atoms with Crippen LogP contribution in [0.1, 0.15) is 0 Å². The third-order valence-electron chi connectivity index (χ3n) is 7.89. The molecule has 47 nitrogen and oxygen atoms in total. The average Bonchev–Trinajstić information content (AvgIpc) is 3.54. The van der Waals surface area contributed by atoms with E-state index in [1.807, 2.05) is 0 Å². The number of phosphoric acid groups is 11. The summed E-state index contributed by atoms with van der Waals surface area (Å²) in [6, 6.07) is 0. The summed E-state index contributed by atoms with van der Waals surface area (Å²) in [5.41, 5.74) is 0. The largest absolute Gasteiger partial charge is 0.756 e. The molecule has 13 unspecified atom stereocenters. The Bertz CT molecular complexity index is 2450. The molecule has 4 N–H and O–H groups in total. The average molecular weight is 1490 g/mol. The van der Waals surface area contributed by atoms with Crippen molar-refractivity contribution in [1.29, 1.82) is 0 Å². The number of hydrogen-bond acceptors (Lipinski definition) is 46. The summed E-state index contributed by atoms with van der Waals surface area (Å²) in [6.45, 7) is -20.4. The molecule has 0 heterocycles. The minimum absolute atomic E-state index is 0.0372. The predicted molar refractivity (Wildman–Crippen MR) is 253 cm³/mol. The van der Waals surface area contributed by atoms with E-state index in [0.717, 1.165) is 0 Å². The van der Waals surface area contributed by atoms with Gasteiger partial charge in [-0.3, -0.25) is 50.2 Å². The van der Waals surface area contributed by atoms with E-state index >= 15 is 0 Å². The zero-order valence-electron chi connectivity index (χ0n) is 44.5. The Balaban J connectivity index is 4.29. The Morgan fingerprint density at radius 1 is 0.267 bits per heavy atom. The summed E-state index contributed by atoms with van der Waals surface area (Å²) in [7, 11) is -54.3. The smallest absolute Gasteiger partial charge is 0.268 e. The van der Waals surface area contributed by atoms with Crippen LogP contribution in [-0.4, -0.2) is 183 Å². The standard InChI is InChI=1S/C28H71N2O45P11/c1-29-21-27(23-31)24-74-85(51,52)71-19-17-69-83(47,48)67-15-13-65-81(43,44)63-11-9-61-79(39,40)59-7-5-57-77(35,36)55-3-4-56-78(37,38)58-6-8-60-80(41,42)62-10-12-64-82(45,46)66-14-16-68-84(49,50)70-18-20-72-86(53,54)75-26-28(22-30-2)25-73-76(32,33)34/h27-31H,3-26H2,1-2H3,(H,35,36)(H,37,38)(H,39,40)(H,41,42)(H,43,44)(H,45,46)(H,47,48)(H,49,50)(H,51,52)(H,53,54)(H2,32,33,34)/p-11. The van der Waals surface area contributed by atoms with Crippen molar-refractivity contribution in [2.24, 2.45) is 11.8 Å². The second-order valence-corrected chi connectivity index (χ2v) is 30.2. The molecule has 0 bridgehead atoms. The molecule has 0 radical (unpaired) electrons. The van der Waals surface area contributed by atoms with Gasteiger partial charge < -0.3 is 169 Å². The summed E-state index contributed by atoms with van der Waals surface area (Å²) in [6.07, 6.45) is 0. The van der Waals surface area contributed by atoms with Gasteiger partial charge in [0.25, 0.3) is 86.0 Å². The lowest BCUT2D eigenvalue weighted by Gasteiger charge is -2.28. The molecule has 0 spiro atoms. The topological polar surface area (TPSA) is 700 Å². The van der Waals surface area contributed by atoms with E-state index in [4.69, 9.17) is 10.00 Å². The van der Waals surface area contributed by atoms with E-state index in [0.29, 0.717) is 0 Å². The number of phosphoric ester groups is 11. The second kappa shape index (κ2) is 43.2. The van der Waals surface area contributed by atoms with Crippen molar-refractivity contribution in [2.45, 2.75) is 0 Å². The van der Waals surface area contributed by atoms with Crippen LogP contribution in [-0.2, 0) is 145 Å². The Morgan fingerprint density at radius 2 is 0.407 bits per heavy atom. The van der Waals surface area contributed by atoms with E-state index < -0.39 is 243 Å². The fourth-order valence-electron chi connectivity index (χ4n) is 4.57. The molecule has 0 saturated carbocycles. The van der Waals surface area contributed by atoms with E-state index in [1.54, 1.807) is 7.05 Å². The fourth-order valence-corrected chi connectivity index (χ4v) is 11.9. The van der Waals surface area contributed by atoms with Crippen LogP contribution in [0.5, 0.6) is 0 Å². The van der Waals surface area contributed by atoms with Gasteiger partial charge in [-0.05, 0) is 14.1 Å². The Kier molecular flexibility index (Phi) is 43.8. The number of rotatable bonds is 59. The normalized spacial score (nSPS) is 20.9. The monoisotopic (exact) mass is 1480 g/mol. The van der Waals surface area contributed by atoms with Gasteiger partial charge in [0, 0.05) is 31.5 Å². The van der Waals surface area contributed by atoms with Crippen LogP contribution in [0.15, 0.2) is 0 Å². The summed E-state index contributed by atoms with van der Waals surface area (Å²) < 4.78 is 220. The van der Waals surface area contributed by atoms with E-state index in [1.165, 1.54) is 7.05 Å². The zero-order chi connectivity index (χ0) is 65.9. The molecule has 0 aliphatic rings. The highest BCUT2D eigenvalue weighted by molar-refractivity contribution is 7.48. The van der Waals surface area contributed by atoms with Gasteiger partial charge in [-0.15, -0.1) is 0 Å². The van der Waals surface area contributed by atoms with Crippen molar-refractivity contribution < 1.29 is 209 Å². The summed E-state index contributed by atoms with van der Waals surface area (Å²) in [5, 5.41) is 14.4. The molecule has 0 aromatic heterocycles. The van der Waals surface area contributed by atoms with Gasteiger partial charge >= 0.3 is 0 Å². The lowest BCUT2D eigenvalue weighted by atomic mass is 10.2. The molecular formula is C28H60N2O45P11-11. The second-order valence-electron chi connectivity index (χ2n) is 14.9. The Labute approximate surface area is 488 Å². The van der Waals surface area contributed by atoms with Gasteiger partial charge in [-0.2, -0.15) is 0 Å². The molecule has 86 heavy (non-hydrogen) atoms. The maximum atomic E-state index is 11.9. The van der Waals surface area contributed by atoms with Crippen molar-refractivity contribution in [3.8, 4) is 0 Å². The van der Waals surface area contributed by atoms with Crippen molar-refractivity contribution in [3.05, 3.63) is 0 Å². The number of nitrogens with one attached hydrogen (secondary N) is 2. The molecule has 0 fully saturated rings. The van der Waals surface area contributed by atoms with Crippen LogP contribution in [0, 0.1) is 11.8 Å². The van der Waals surface area contributed by atoms with Gasteiger partial charge in [0.15, 0.2) is 0 Å². The molecule has 13 atom stereocenters. The number of aliphatic hydroxyl groups is 1. The van der Waals surface area contributed by atoms with Gasteiger partial charge in [0.1, 0.15) is 0 Å². The van der Waals surface area contributed by atoms with Gasteiger partial charge in [0.2, 0.25) is 0 Å². The quantitative estimate of drug-likeness (QED) is 0.0325. The first-order valence-electron chi connectivity index (χ1n) is 23.1. The predicted octanol–water partition coefficient (Wildman–Crippen LogP) is -6.86. The first kappa shape index (κ1) is 87.1. The van der Waals surface area contributed by atoms with Crippen LogP contribution >= 0.6 is 86.0 Å². The van der Waals surface area contributed by atoms with Gasteiger partial charge in [0.05, 0.1) is 139 Å². The molecule has 518 valence electrons. The number of aliphatic hydroxyl groups excluding tert-OH is 1. The van der Waals surface area contributed by atoms with E-state index in [2.05, 4.69) is 106 Å². The molecule has 0 amide bonds. The molecular weight excluding hydrogens is 1420 g/mol. The maximum absolute atomic E-state index is 11.9. The third kappa shape index (κ3) is 51.5. The molecule has 0 aromatic rings. The molecule has 0 aliphatic heterocycles. The Morgan fingerprint density at radius 3 is 0.558 bits per heavy atom. The van der Waals surface area contributed by atoms with Crippen LogP contribution in [0.25, 0.3) is 0 Å². The lowest BCUT2D eigenvalue weighted by Crippen LogP contribution is -2.28. The zero-order valence-corrected chi connectivity index (χ0v) is 54.3. The first-order chi connectivity index (χ1) is 39.5. The summed E-state index contributed by atoms with van der Waals surface area (Å²) in [5.74, 6) is -1.52. The maximum Gasteiger partial charge on any atom is 0.268 e. The highest BCUT2D eigenvalue weighted by Gasteiger charge is 2.22. The minimum Gasteiger partial charge on any atom is -0.756 e. The van der Waals surface area contributed by atoms with E-state index in [9.17, 15) is 104 Å². The van der Waals surface area contributed by atoms with Crippen LogP contribution in [0.3, 0.4) is 0 Å². The highest BCUT2D eigenvalue weighted by atomic mass is 31.2. The first-order valence-corrected chi connectivity index (χ1v) is 39.2.